The van der Waals surface area contributed by atoms with Gasteiger partial charge in [0.2, 0.25) is 0 Å². The molecule has 96 valence electrons. The number of nitrogens with zero attached hydrogens (tertiary/aromatic N) is 2. The van der Waals surface area contributed by atoms with Gasteiger partial charge in [-0.25, -0.2) is 0 Å². The van der Waals surface area contributed by atoms with Crippen molar-refractivity contribution < 1.29 is 9.63 Å². The van der Waals surface area contributed by atoms with Crippen molar-refractivity contribution in [1.82, 2.24) is 10.2 Å². The average molecular weight is 239 g/mol. The molecule has 1 amide bonds. The van der Waals surface area contributed by atoms with Crippen molar-refractivity contribution in [2.24, 2.45) is 5.16 Å². The molecule has 2 aliphatic rings. The third kappa shape index (κ3) is 2.44. The molecule has 0 saturated carbocycles. The lowest BCUT2D eigenvalue weighted by Crippen LogP contribution is -2.47. The molecule has 0 aliphatic carbocycles. The van der Waals surface area contributed by atoms with Crippen LogP contribution < -0.4 is 5.32 Å². The Morgan fingerprint density at radius 1 is 1.59 bits per heavy atom. The van der Waals surface area contributed by atoms with Gasteiger partial charge in [-0.15, -0.1) is 0 Å². The van der Waals surface area contributed by atoms with Crippen LogP contribution in [0.5, 0.6) is 0 Å². The maximum atomic E-state index is 12.1. The Kier molecular flexibility index (Phi) is 3.38. The first-order valence-electron chi connectivity index (χ1n) is 6.27. The van der Waals surface area contributed by atoms with Gasteiger partial charge in [0.15, 0.2) is 5.60 Å². The highest BCUT2D eigenvalue weighted by atomic mass is 16.7. The summed E-state index contributed by atoms with van der Waals surface area (Å²) in [6.07, 6.45) is 2.69. The topological polar surface area (TPSA) is 53.9 Å². The van der Waals surface area contributed by atoms with Crippen molar-refractivity contribution in [3.05, 3.63) is 0 Å². The Balaban J connectivity index is 1.99. The fourth-order valence-electron chi connectivity index (χ4n) is 2.24. The first-order chi connectivity index (χ1) is 8.04. The van der Waals surface area contributed by atoms with E-state index in [4.69, 9.17) is 4.84 Å². The number of hydrogen-bond donors (Lipinski definition) is 1. The minimum absolute atomic E-state index is 0.0116. The second-order valence-corrected chi connectivity index (χ2v) is 5.28. The van der Waals surface area contributed by atoms with Crippen LogP contribution in [0.2, 0.25) is 0 Å². The standard InChI is InChI=1S/C12H21N3O2/c1-9(2)15(3)11(16)10-7-12(17-14-10)5-4-6-13-8-12/h9,13H,4-8H2,1-3H3. The lowest BCUT2D eigenvalue weighted by molar-refractivity contribution is -0.124. The van der Waals surface area contributed by atoms with Gasteiger partial charge in [-0.2, -0.15) is 0 Å². The van der Waals surface area contributed by atoms with Crippen LogP contribution in [0.3, 0.4) is 0 Å². The molecule has 2 heterocycles. The van der Waals surface area contributed by atoms with Gasteiger partial charge in [0.1, 0.15) is 5.71 Å². The molecule has 5 heteroatoms. The first-order valence-corrected chi connectivity index (χ1v) is 6.27. The van der Waals surface area contributed by atoms with E-state index in [2.05, 4.69) is 10.5 Å². The van der Waals surface area contributed by atoms with E-state index in [9.17, 15) is 4.79 Å². The van der Waals surface area contributed by atoms with Crippen LogP contribution in [0.1, 0.15) is 33.1 Å². The highest BCUT2D eigenvalue weighted by molar-refractivity contribution is 6.39. The SMILES string of the molecule is CC(C)N(C)C(=O)C1=NOC2(CCCNC2)C1. The molecule has 0 radical (unpaired) electrons. The molecule has 0 aromatic carbocycles. The van der Waals surface area contributed by atoms with Gasteiger partial charge in [0, 0.05) is 26.1 Å². The highest BCUT2D eigenvalue weighted by Gasteiger charge is 2.42. The zero-order chi connectivity index (χ0) is 12.5. The largest absolute Gasteiger partial charge is 0.387 e. The van der Waals surface area contributed by atoms with Crippen LogP contribution in [0.15, 0.2) is 5.16 Å². The van der Waals surface area contributed by atoms with Crippen molar-refractivity contribution in [1.29, 1.82) is 0 Å². The molecule has 0 aromatic heterocycles. The first kappa shape index (κ1) is 12.4. The molecule has 1 unspecified atom stereocenters. The van der Waals surface area contributed by atoms with E-state index in [0.717, 1.165) is 25.9 Å². The summed E-state index contributed by atoms with van der Waals surface area (Å²) in [5, 5.41) is 7.31. The highest BCUT2D eigenvalue weighted by Crippen LogP contribution is 2.30. The molecule has 1 spiro atoms. The summed E-state index contributed by atoms with van der Waals surface area (Å²) in [4.78, 5) is 19.3. The van der Waals surface area contributed by atoms with Crippen LogP contribution in [-0.4, -0.2) is 48.3 Å². The Morgan fingerprint density at radius 2 is 2.35 bits per heavy atom. The predicted octanol–water partition coefficient (Wildman–Crippen LogP) is 0.752. The summed E-state index contributed by atoms with van der Waals surface area (Å²) in [7, 11) is 1.81. The quantitative estimate of drug-likeness (QED) is 0.773. The van der Waals surface area contributed by atoms with Crippen LogP contribution >= 0.6 is 0 Å². The van der Waals surface area contributed by atoms with Crippen molar-refractivity contribution in [2.75, 3.05) is 20.1 Å². The fraction of sp³-hybridized carbons (Fsp3) is 0.833. The Labute approximate surface area is 102 Å². The van der Waals surface area contributed by atoms with Crippen molar-refractivity contribution in [3.8, 4) is 0 Å². The maximum Gasteiger partial charge on any atom is 0.271 e. The number of piperidine rings is 1. The van der Waals surface area contributed by atoms with Gasteiger partial charge < -0.3 is 15.1 Å². The van der Waals surface area contributed by atoms with E-state index in [1.165, 1.54) is 0 Å². The molecule has 2 rings (SSSR count). The lowest BCUT2D eigenvalue weighted by Gasteiger charge is -2.31. The second kappa shape index (κ2) is 4.64. The Hall–Kier alpha value is -1.10. The van der Waals surface area contributed by atoms with Gasteiger partial charge in [-0.3, -0.25) is 4.79 Å². The van der Waals surface area contributed by atoms with Crippen LogP contribution in [-0.2, 0) is 9.63 Å². The molecule has 17 heavy (non-hydrogen) atoms. The summed E-state index contributed by atoms with van der Waals surface area (Å²) in [5.41, 5.74) is 0.297. The van der Waals surface area contributed by atoms with Crippen LogP contribution in [0.4, 0.5) is 0 Å². The van der Waals surface area contributed by atoms with Gasteiger partial charge >= 0.3 is 0 Å². The minimum Gasteiger partial charge on any atom is -0.387 e. The third-order valence-corrected chi connectivity index (χ3v) is 3.61. The molecule has 1 saturated heterocycles. The van der Waals surface area contributed by atoms with Crippen LogP contribution in [0.25, 0.3) is 0 Å². The molecule has 2 aliphatic heterocycles. The zero-order valence-corrected chi connectivity index (χ0v) is 10.8. The van der Waals surface area contributed by atoms with E-state index in [1.54, 1.807) is 11.9 Å². The van der Waals surface area contributed by atoms with Crippen LogP contribution in [0, 0.1) is 0 Å². The molecular weight excluding hydrogens is 218 g/mol. The lowest BCUT2D eigenvalue weighted by atomic mass is 9.89. The Bertz CT molecular complexity index is 333. The van der Waals surface area contributed by atoms with Gasteiger partial charge in [-0.1, -0.05) is 5.16 Å². The number of oxime groups is 1. The van der Waals surface area contributed by atoms with E-state index < -0.39 is 0 Å². The molecule has 5 nitrogen and oxygen atoms in total. The summed E-state index contributed by atoms with van der Waals surface area (Å²) < 4.78 is 0. The molecule has 1 atom stereocenters. The van der Waals surface area contributed by atoms with E-state index in [-0.39, 0.29) is 17.6 Å². The molecule has 1 fully saturated rings. The Morgan fingerprint density at radius 3 is 2.94 bits per heavy atom. The summed E-state index contributed by atoms with van der Waals surface area (Å²) in [6.45, 7) is 5.80. The van der Waals surface area contributed by atoms with E-state index in [1.807, 2.05) is 13.8 Å². The number of nitrogens with one attached hydrogen (secondary N) is 1. The summed E-state index contributed by atoms with van der Waals surface area (Å²) >= 11 is 0. The fourth-order valence-corrected chi connectivity index (χ4v) is 2.24. The zero-order valence-electron chi connectivity index (χ0n) is 10.8. The van der Waals surface area contributed by atoms with E-state index >= 15 is 0 Å². The predicted molar refractivity (Wildman–Crippen MR) is 65.9 cm³/mol. The van der Waals surface area contributed by atoms with Gasteiger partial charge in [-0.05, 0) is 33.2 Å². The molecule has 0 aromatic rings. The van der Waals surface area contributed by atoms with Gasteiger partial charge in [0.25, 0.3) is 5.91 Å². The number of amides is 1. The normalized spacial score (nSPS) is 28.1. The monoisotopic (exact) mass is 239 g/mol. The number of hydrogen-bond acceptors (Lipinski definition) is 4. The number of carbonyl (C=O) groups is 1. The van der Waals surface area contributed by atoms with E-state index in [0.29, 0.717) is 12.1 Å². The summed E-state index contributed by atoms with van der Waals surface area (Å²) in [5.74, 6) is -0.0116. The molecule has 1 N–H and O–H groups in total. The second-order valence-electron chi connectivity index (χ2n) is 5.28. The smallest absolute Gasteiger partial charge is 0.271 e. The molecule has 0 bridgehead atoms. The third-order valence-electron chi connectivity index (χ3n) is 3.61. The van der Waals surface area contributed by atoms with Crippen molar-refractivity contribution in [2.45, 2.75) is 44.8 Å². The molecular formula is C12H21N3O2. The van der Waals surface area contributed by atoms with Crippen molar-refractivity contribution >= 4 is 11.6 Å². The maximum absolute atomic E-state index is 12.1. The van der Waals surface area contributed by atoms with Crippen molar-refractivity contribution in [3.63, 3.8) is 0 Å². The average Bonchev–Trinajstić information content (AvgIpc) is 2.72. The minimum atomic E-state index is -0.263. The number of rotatable bonds is 2. The summed E-state index contributed by atoms with van der Waals surface area (Å²) in [6, 6.07) is 0.186. The number of carbonyl (C=O) groups excluding carboxylic acids is 1. The van der Waals surface area contributed by atoms with Gasteiger partial charge in [0.05, 0.1) is 0 Å².